The van der Waals surface area contributed by atoms with E-state index in [1.54, 1.807) is 11.8 Å². The van der Waals surface area contributed by atoms with Crippen LogP contribution in [0.25, 0.3) is 12.7 Å². The summed E-state index contributed by atoms with van der Waals surface area (Å²) in [7, 11) is 3.96. The molecule has 0 radical (unpaired) electrons. The molecule has 0 aliphatic heterocycles. The van der Waals surface area contributed by atoms with Crippen molar-refractivity contribution in [2.24, 2.45) is 0 Å². The molecule has 0 bridgehead atoms. The predicted molar refractivity (Wildman–Crippen MR) is 93.7 cm³/mol. The highest BCUT2D eigenvalue weighted by Gasteiger charge is 2.04. The molecule has 0 atom stereocenters. The van der Waals surface area contributed by atoms with Crippen molar-refractivity contribution in [1.29, 1.82) is 0 Å². The second-order valence-electron chi connectivity index (χ2n) is 4.90. The predicted octanol–water partition coefficient (Wildman–Crippen LogP) is 3.41. The molecule has 0 fully saturated rings. The van der Waals surface area contributed by atoms with Gasteiger partial charge in [-0.2, -0.15) is 0 Å². The molecule has 0 heterocycles. The Bertz CT molecular complexity index is 650. The van der Waals surface area contributed by atoms with Crippen LogP contribution in [0.1, 0.15) is 12.5 Å². The maximum Gasteiger partial charge on any atom is 0.0677 e. The van der Waals surface area contributed by atoms with Crippen LogP contribution in [0, 0.1) is 6.92 Å². The van der Waals surface area contributed by atoms with E-state index >= 15 is 0 Å². The van der Waals surface area contributed by atoms with Crippen molar-refractivity contribution in [3.05, 3.63) is 68.9 Å². The molecular weight excluding hydrogens is 262 g/mol. The number of thioether (sulfide) groups is 1. The van der Waals surface area contributed by atoms with Crippen LogP contribution in [0.2, 0.25) is 0 Å². The Morgan fingerprint density at radius 1 is 1.25 bits per heavy atom. The fourth-order valence-corrected chi connectivity index (χ4v) is 2.40. The lowest BCUT2D eigenvalue weighted by molar-refractivity contribution is 0.553. The molecule has 0 N–H and O–H groups in total. The molecule has 0 aliphatic carbocycles. The number of allylic oxidation sites excluding steroid dienone is 2. The van der Waals surface area contributed by atoms with Gasteiger partial charge in [0.25, 0.3) is 0 Å². The van der Waals surface area contributed by atoms with E-state index in [4.69, 9.17) is 0 Å². The van der Waals surface area contributed by atoms with Gasteiger partial charge in [-0.3, -0.25) is 0 Å². The number of aryl methyl sites for hydroxylation is 1. The van der Waals surface area contributed by atoms with E-state index in [1.165, 1.54) is 5.56 Å². The molecule has 0 unspecified atom stereocenters. The minimum Gasteiger partial charge on any atom is -0.373 e. The standard InChI is InChI=1S/C18H23NS/c1-8-17(15(4)20-16(5)19(6)7)12-18-11-13(2)9-10-14(18)3/h8-12H,3-5H2,1-2,6-7H3/b17-8+,18-12-. The summed E-state index contributed by atoms with van der Waals surface area (Å²) in [5, 5.41) is 3.14. The summed E-state index contributed by atoms with van der Waals surface area (Å²) in [5.41, 5.74) is 2.34. The summed E-state index contributed by atoms with van der Waals surface area (Å²) < 4.78 is 0. The van der Waals surface area contributed by atoms with Crippen LogP contribution in [0.3, 0.4) is 0 Å². The van der Waals surface area contributed by atoms with E-state index in [1.807, 2.05) is 32.0 Å². The summed E-state index contributed by atoms with van der Waals surface area (Å²) >= 11 is 1.59. The van der Waals surface area contributed by atoms with Gasteiger partial charge in [-0.15, -0.1) is 0 Å². The van der Waals surface area contributed by atoms with Gasteiger partial charge in [0, 0.05) is 19.0 Å². The summed E-state index contributed by atoms with van der Waals surface area (Å²) in [5.74, 6) is 0. The first-order valence-electron chi connectivity index (χ1n) is 6.52. The molecule has 0 aromatic heterocycles. The van der Waals surface area contributed by atoms with Crippen molar-refractivity contribution in [2.45, 2.75) is 13.8 Å². The van der Waals surface area contributed by atoms with Crippen LogP contribution in [0.4, 0.5) is 0 Å². The van der Waals surface area contributed by atoms with Crippen molar-refractivity contribution in [3.63, 3.8) is 0 Å². The Labute approximate surface area is 126 Å². The topological polar surface area (TPSA) is 3.24 Å². The van der Waals surface area contributed by atoms with Crippen molar-refractivity contribution in [1.82, 2.24) is 4.90 Å². The molecule has 20 heavy (non-hydrogen) atoms. The lowest BCUT2D eigenvalue weighted by atomic mass is 10.1. The van der Waals surface area contributed by atoms with Crippen LogP contribution in [-0.4, -0.2) is 19.0 Å². The van der Waals surface area contributed by atoms with Crippen LogP contribution in [0.5, 0.6) is 0 Å². The average Bonchev–Trinajstić information content (AvgIpc) is 2.39. The summed E-state index contributed by atoms with van der Waals surface area (Å²) in [4.78, 5) is 2.98. The first-order valence-corrected chi connectivity index (χ1v) is 7.33. The molecule has 0 aliphatic rings. The third-order valence-electron chi connectivity index (χ3n) is 2.99. The molecule has 0 saturated carbocycles. The van der Waals surface area contributed by atoms with Gasteiger partial charge in [0.1, 0.15) is 0 Å². The zero-order valence-electron chi connectivity index (χ0n) is 12.9. The van der Waals surface area contributed by atoms with Gasteiger partial charge >= 0.3 is 0 Å². The average molecular weight is 285 g/mol. The second kappa shape index (κ2) is 7.20. The Morgan fingerprint density at radius 3 is 2.45 bits per heavy atom. The van der Waals surface area contributed by atoms with Crippen molar-refractivity contribution in [3.8, 4) is 0 Å². The number of hydrogen-bond acceptors (Lipinski definition) is 2. The molecule has 0 amide bonds. The fraction of sp³-hybridized carbons (Fsp3) is 0.222. The highest BCUT2D eigenvalue weighted by atomic mass is 32.2. The Balaban J connectivity index is 3.10. The molecule has 0 spiro atoms. The largest absolute Gasteiger partial charge is 0.373 e. The third-order valence-corrected chi connectivity index (χ3v) is 4.07. The molecule has 1 aromatic rings. The third kappa shape index (κ3) is 4.46. The molecule has 106 valence electrons. The first-order chi connectivity index (χ1) is 9.35. The van der Waals surface area contributed by atoms with Crippen LogP contribution in [-0.2, 0) is 0 Å². The van der Waals surface area contributed by atoms with E-state index in [0.717, 1.165) is 25.9 Å². The monoisotopic (exact) mass is 285 g/mol. The highest BCUT2D eigenvalue weighted by molar-refractivity contribution is 8.06. The van der Waals surface area contributed by atoms with E-state index in [-0.39, 0.29) is 0 Å². The smallest absolute Gasteiger partial charge is 0.0677 e. The summed E-state index contributed by atoms with van der Waals surface area (Å²) in [6.45, 7) is 16.4. The normalized spacial score (nSPS) is 12.4. The molecular formula is C18H23NS. The lowest BCUT2D eigenvalue weighted by Gasteiger charge is -2.16. The highest BCUT2D eigenvalue weighted by Crippen LogP contribution is 2.29. The molecule has 1 nitrogen and oxygen atoms in total. The quantitative estimate of drug-likeness (QED) is 0.763. The van der Waals surface area contributed by atoms with Crippen LogP contribution < -0.4 is 10.4 Å². The minimum atomic E-state index is 0.974. The SMILES string of the molecule is C=C(SC(=C)N(C)C)C(/C=c1/cc(C)ccc1=C)=C/C. The van der Waals surface area contributed by atoms with Gasteiger partial charge in [-0.25, -0.2) is 0 Å². The number of benzene rings is 1. The van der Waals surface area contributed by atoms with Gasteiger partial charge in [-0.1, -0.05) is 61.3 Å². The Kier molecular flexibility index (Phi) is 5.90. The number of hydrogen-bond donors (Lipinski definition) is 0. The minimum absolute atomic E-state index is 0.974. The zero-order chi connectivity index (χ0) is 15.3. The van der Waals surface area contributed by atoms with Gasteiger partial charge < -0.3 is 4.90 Å². The van der Waals surface area contributed by atoms with Crippen molar-refractivity contribution >= 4 is 24.4 Å². The lowest BCUT2D eigenvalue weighted by Crippen LogP contribution is -2.23. The van der Waals surface area contributed by atoms with Gasteiger partial charge in [0.2, 0.25) is 0 Å². The van der Waals surface area contributed by atoms with E-state index in [9.17, 15) is 0 Å². The first kappa shape index (κ1) is 16.4. The van der Waals surface area contributed by atoms with Crippen LogP contribution in [0.15, 0.2) is 52.9 Å². The van der Waals surface area contributed by atoms with Gasteiger partial charge in [0.15, 0.2) is 0 Å². The van der Waals surface area contributed by atoms with E-state index < -0.39 is 0 Å². The molecule has 1 aromatic carbocycles. The number of rotatable bonds is 5. The van der Waals surface area contributed by atoms with Crippen molar-refractivity contribution < 1.29 is 0 Å². The molecule has 2 heteroatoms. The Morgan fingerprint density at radius 2 is 1.90 bits per heavy atom. The molecule has 1 rings (SSSR count). The summed E-state index contributed by atoms with van der Waals surface area (Å²) in [6, 6.07) is 6.26. The number of nitrogens with zero attached hydrogens (tertiary/aromatic N) is 1. The summed E-state index contributed by atoms with van der Waals surface area (Å²) in [6.07, 6.45) is 4.20. The fourth-order valence-electron chi connectivity index (χ4n) is 1.63. The zero-order valence-corrected chi connectivity index (χ0v) is 13.7. The van der Waals surface area contributed by atoms with Gasteiger partial charge in [0.05, 0.1) is 5.03 Å². The van der Waals surface area contributed by atoms with E-state index in [2.05, 4.69) is 50.9 Å². The van der Waals surface area contributed by atoms with Gasteiger partial charge in [-0.05, 0) is 35.9 Å². The molecule has 0 saturated heterocycles. The maximum absolute atomic E-state index is 4.15. The Hall–Kier alpha value is -1.67. The van der Waals surface area contributed by atoms with Crippen LogP contribution >= 0.6 is 11.8 Å². The van der Waals surface area contributed by atoms with E-state index in [0.29, 0.717) is 0 Å². The second-order valence-corrected chi connectivity index (χ2v) is 6.07. The van der Waals surface area contributed by atoms with Crippen molar-refractivity contribution in [2.75, 3.05) is 14.1 Å². The maximum atomic E-state index is 4.15.